The molecule has 0 N–H and O–H groups in total. The molecule has 0 spiro atoms. The van der Waals surface area contributed by atoms with Crippen molar-refractivity contribution in [1.82, 2.24) is 0 Å². The van der Waals surface area contributed by atoms with Crippen LogP contribution in [0.25, 0.3) is 0 Å². The molecule has 0 unspecified atom stereocenters. The summed E-state index contributed by atoms with van der Waals surface area (Å²) in [5.41, 5.74) is 3.29. The average Bonchev–Trinajstić information content (AvgIpc) is 2.83. The van der Waals surface area contributed by atoms with Crippen LogP contribution in [0.1, 0.15) is 42.4 Å². The molecule has 0 radical (unpaired) electrons. The Hall–Kier alpha value is -1.31. The fourth-order valence-electron chi connectivity index (χ4n) is 2.43. The van der Waals surface area contributed by atoms with Crippen LogP contribution in [-0.2, 0) is 4.79 Å². The van der Waals surface area contributed by atoms with Crippen LogP contribution in [0.5, 0.6) is 5.75 Å². The number of carbonyl (C=O) groups is 1. The lowest BCUT2D eigenvalue weighted by atomic mass is 10.0. The van der Waals surface area contributed by atoms with Gasteiger partial charge >= 0.3 is 5.97 Å². The van der Waals surface area contributed by atoms with Crippen LogP contribution in [0.4, 0.5) is 0 Å². The van der Waals surface area contributed by atoms with Crippen molar-refractivity contribution >= 4 is 5.97 Å². The van der Waals surface area contributed by atoms with E-state index < -0.39 is 0 Å². The second-order valence-corrected chi connectivity index (χ2v) is 5.06. The topological polar surface area (TPSA) is 26.3 Å². The van der Waals surface area contributed by atoms with Gasteiger partial charge in [-0.1, -0.05) is 25.0 Å². The Morgan fingerprint density at radius 3 is 2.35 bits per heavy atom. The number of aryl methyl sites for hydroxylation is 2. The van der Waals surface area contributed by atoms with Gasteiger partial charge in [-0.25, -0.2) is 0 Å². The van der Waals surface area contributed by atoms with E-state index in [0.29, 0.717) is 0 Å². The maximum absolute atomic E-state index is 12.0. The summed E-state index contributed by atoms with van der Waals surface area (Å²) in [7, 11) is 0. The molecule has 0 saturated heterocycles. The van der Waals surface area contributed by atoms with Gasteiger partial charge in [-0.15, -0.1) is 0 Å². The van der Waals surface area contributed by atoms with Gasteiger partial charge in [0.15, 0.2) is 0 Å². The zero-order valence-electron chi connectivity index (χ0n) is 10.9. The first-order valence-corrected chi connectivity index (χ1v) is 6.38. The molecule has 0 aromatic heterocycles. The average molecular weight is 232 g/mol. The van der Waals surface area contributed by atoms with Crippen LogP contribution < -0.4 is 4.74 Å². The van der Waals surface area contributed by atoms with Gasteiger partial charge in [-0.05, 0) is 50.3 Å². The summed E-state index contributed by atoms with van der Waals surface area (Å²) >= 11 is 0. The van der Waals surface area contributed by atoms with Crippen LogP contribution in [0, 0.1) is 26.7 Å². The van der Waals surface area contributed by atoms with Gasteiger partial charge in [0.05, 0.1) is 5.92 Å². The number of rotatable bonds is 2. The number of esters is 1. The lowest BCUT2D eigenvalue weighted by Gasteiger charge is -2.14. The molecule has 0 aliphatic heterocycles. The van der Waals surface area contributed by atoms with Crippen molar-refractivity contribution in [2.24, 2.45) is 5.92 Å². The maximum atomic E-state index is 12.0. The zero-order valence-corrected chi connectivity index (χ0v) is 10.9. The molecule has 17 heavy (non-hydrogen) atoms. The summed E-state index contributed by atoms with van der Waals surface area (Å²) in [6.45, 7) is 6.05. The summed E-state index contributed by atoms with van der Waals surface area (Å²) in [5, 5.41) is 0. The molecule has 1 aromatic carbocycles. The van der Waals surface area contributed by atoms with Crippen LogP contribution in [0.3, 0.4) is 0 Å². The minimum Gasteiger partial charge on any atom is -0.426 e. The summed E-state index contributed by atoms with van der Waals surface area (Å²) < 4.78 is 5.60. The molecule has 1 aliphatic carbocycles. The van der Waals surface area contributed by atoms with Crippen molar-refractivity contribution in [3.63, 3.8) is 0 Å². The summed E-state index contributed by atoms with van der Waals surface area (Å²) in [4.78, 5) is 12.0. The molecule has 2 rings (SSSR count). The molecule has 2 nitrogen and oxygen atoms in total. The Labute approximate surface area is 103 Å². The molecule has 0 heterocycles. The van der Waals surface area contributed by atoms with E-state index in [4.69, 9.17) is 4.74 Å². The third kappa shape index (κ3) is 2.51. The molecule has 0 bridgehead atoms. The van der Waals surface area contributed by atoms with E-state index in [1.54, 1.807) is 0 Å². The highest BCUT2D eigenvalue weighted by Crippen LogP contribution is 2.30. The van der Waals surface area contributed by atoms with Gasteiger partial charge in [0.25, 0.3) is 0 Å². The normalized spacial score (nSPS) is 16.2. The van der Waals surface area contributed by atoms with E-state index in [-0.39, 0.29) is 11.9 Å². The van der Waals surface area contributed by atoms with Crippen LogP contribution in [0.15, 0.2) is 12.1 Å². The minimum atomic E-state index is -0.0423. The molecule has 92 valence electrons. The predicted octanol–water partition coefficient (Wildman–Crippen LogP) is 3.71. The third-order valence-electron chi connectivity index (χ3n) is 3.76. The molecule has 1 aromatic rings. The van der Waals surface area contributed by atoms with E-state index in [1.807, 2.05) is 26.8 Å². The Balaban J connectivity index is 2.17. The van der Waals surface area contributed by atoms with Crippen LogP contribution in [-0.4, -0.2) is 5.97 Å². The standard InChI is InChI=1S/C15H20O2/c1-10-8-9-11(2)14(12(10)3)17-15(16)13-6-4-5-7-13/h8-9,13H,4-7H2,1-3H3. The first-order valence-electron chi connectivity index (χ1n) is 6.38. The van der Waals surface area contributed by atoms with E-state index in [2.05, 4.69) is 6.07 Å². The summed E-state index contributed by atoms with van der Waals surface area (Å²) in [6, 6.07) is 4.08. The number of carbonyl (C=O) groups excluding carboxylic acids is 1. The van der Waals surface area contributed by atoms with Gasteiger partial charge in [0.2, 0.25) is 0 Å². The van der Waals surface area contributed by atoms with E-state index in [9.17, 15) is 4.79 Å². The highest BCUT2D eigenvalue weighted by atomic mass is 16.5. The lowest BCUT2D eigenvalue weighted by molar-refractivity contribution is -0.138. The van der Waals surface area contributed by atoms with Crippen molar-refractivity contribution in [3.8, 4) is 5.75 Å². The Morgan fingerprint density at radius 1 is 1.12 bits per heavy atom. The Morgan fingerprint density at radius 2 is 1.71 bits per heavy atom. The SMILES string of the molecule is Cc1ccc(C)c(OC(=O)C2CCCC2)c1C. The quantitative estimate of drug-likeness (QED) is 0.574. The van der Waals surface area contributed by atoms with Gasteiger partial charge in [0.1, 0.15) is 5.75 Å². The smallest absolute Gasteiger partial charge is 0.314 e. The van der Waals surface area contributed by atoms with E-state index >= 15 is 0 Å². The Kier molecular flexibility index (Phi) is 3.51. The summed E-state index contributed by atoms with van der Waals surface area (Å²) in [5.74, 6) is 0.843. The molecule has 0 amide bonds. The molecular formula is C15H20O2. The monoisotopic (exact) mass is 232 g/mol. The first-order chi connectivity index (χ1) is 8.09. The van der Waals surface area contributed by atoms with Crippen molar-refractivity contribution in [1.29, 1.82) is 0 Å². The fraction of sp³-hybridized carbons (Fsp3) is 0.533. The predicted molar refractivity (Wildman–Crippen MR) is 68.2 cm³/mol. The van der Waals surface area contributed by atoms with E-state index in [0.717, 1.165) is 42.6 Å². The van der Waals surface area contributed by atoms with Crippen molar-refractivity contribution in [2.45, 2.75) is 46.5 Å². The minimum absolute atomic E-state index is 0.0423. The lowest BCUT2D eigenvalue weighted by Crippen LogP contribution is -2.18. The van der Waals surface area contributed by atoms with Gasteiger partial charge in [-0.3, -0.25) is 4.79 Å². The molecule has 1 aliphatic rings. The molecule has 1 saturated carbocycles. The first kappa shape index (κ1) is 12.2. The maximum Gasteiger partial charge on any atom is 0.314 e. The van der Waals surface area contributed by atoms with Gasteiger partial charge in [0, 0.05) is 0 Å². The third-order valence-corrected chi connectivity index (χ3v) is 3.76. The molecule has 2 heteroatoms. The highest BCUT2D eigenvalue weighted by Gasteiger charge is 2.25. The number of benzene rings is 1. The second-order valence-electron chi connectivity index (χ2n) is 5.06. The fourth-order valence-corrected chi connectivity index (χ4v) is 2.43. The molecular weight excluding hydrogens is 212 g/mol. The van der Waals surface area contributed by atoms with E-state index in [1.165, 1.54) is 5.56 Å². The molecule has 0 atom stereocenters. The van der Waals surface area contributed by atoms with Crippen molar-refractivity contribution in [2.75, 3.05) is 0 Å². The molecule has 1 fully saturated rings. The Bertz CT molecular complexity index is 429. The van der Waals surface area contributed by atoms with Crippen LogP contribution in [0.2, 0.25) is 0 Å². The van der Waals surface area contributed by atoms with Crippen LogP contribution >= 0.6 is 0 Å². The second kappa shape index (κ2) is 4.91. The largest absolute Gasteiger partial charge is 0.426 e. The number of hydrogen-bond donors (Lipinski definition) is 0. The zero-order chi connectivity index (χ0) is 12.4. The van der Waals surface area contributed by atoms with Crippen molar-refractivity contribution in [3.05, 3.63) is 28.8 Å². The van der Waals surface area contributed by atoms with Gasteiger partial charge in [-0.2, -0.15) is 0 Å². The van der Waals surface area contributed by atoms with Crippen molar-refractivity contribution < 1.29 is 9.53 Å². The van der Waals surface area contributed by atoms with Gasteiger partial charge < -0.3 is 4.74 Å². The highest BCUT2D eigenvalue weighted by molar-refractivity contribution is 5.76. The number of hydrogen-bond acceptors (Lipinski definition) is 2. The number of ether oxygens (including phenoxy) is 1. The summed E-state index contributed by atoms with van der Waals surface area (Å²) in [6.07, 6.45) is 4.29.